The Morgan fingerprint density at radius 3 is 1.28 bits per heavy atom. The standard InChI is InChI=1S/C19H19ClN2O5S.C17H15ClN2O4S.C10H10ClNOS.C9H10BrNO4/c1-12-18(14-4-6-15(20)7-5-14)28-19(23)21(12)10-13-3-8-17(27-11-26-2)16(9-13)22(24)25;1-10-16(12-3-5-13(18)6-4-12)25-17(22)19(10)9-11-2-7-15(21)14(8-11)20(23)24;1-6-9(14-10(13)12-6)7-2-4-8(11)5-3-7;1-14-6-15-9-3-2-7(5-10)4-8(9)11(12)13/h3-9,12,18H,10-11H2,1-2H3;2-8,10,16,21H,9H2,1H3;2-6,9H,1H3,(H,12,13);2-4H,5-6H2,1H3. The Bertz CT molecular complexity index is 3230. The van der Waals surface area contributed by atoms with Gasteiger partial charge in [-0.3, -0.25) is 44.7 Å². The number of nitrogens with one attached hydrogen (secondary N) is 1. The van der Waals surface area contributed by atoms with Crippen molar-refractivity contribution in [2.75, 3.05) is 27.8 Å². The lowest BCUT2D eigenvalue weighted by molar-refractivity contribution is -0.386. The third-order valence-corrected chi connectivity index (χ3v) is 18.0. The van der Waals surface area contributed by atoms with Crippen molar-refractivity contribution in [1.82, 2.24) is 15.1 Å². The number of phenolic OH excluding ortho intramolecular Hbond substituents is 1. The van der Waals surface area contributed by atoms with Gasteiger partial charge < -0.3 is 39.2 Å². The first kappa shape index (κ1) is 64.8. The fourth-order valence-electron chi connectivity index (χ4n) is 8.43. The third kappa shape index (κ3) is 17.6. The summed E-state index contributed by atoms with van der Waals surface area (Å²) < 4.78 is 19.8. The lowest BCUT2D eigenvalue weighted by atomic mass is 10.0. The summed E-state index contributed by atoms with van der Waals surface area (Å²) in [6.45, 7) is 6.38. The van der Waals surface area contributed by atoms with Gasteiger partial charge in [-0.25, -0.2) is 0 Å². The number of phenols is 1. The minimum absolute atomic E-state index is 0.00546. The van der Waals surface area contributed by atoms with Gasteiger partial charge in [0.15, 0.2) is 30.8 Å². The molecule has 6 atom stereocenters. The normalized spacial score (nSPS) is 19.0. The van der Waals surface area contributed by atoms with Crippen LogP contribution in [0.5, 0.6) is 17.2 Å². The Hall–Kier alpha value is -6.35. The zero-order chi connectivity index (χ0) is 59.8. The first-order valence-electron chi connectivity index (χ1n) is 24.6. The van der Waals surface area contributed by atoms with Crippen molar-refractivity contribution in [3.05, 3.63) is 206 Å². The van der Waals surface area contributed by atoms with Gasteiger partial charge in [-0.05, 0) is 109 Å². The Balaban J connectivity index is 0.000000183. The van der Waals surface area contributed by atoms with E-state index in [-0.39, 0.29) is 111 Å². The minimum atomic E-state index is -0.640. The van der Waals surface area contributed by atoms with Crippen LogP contribution in [0.3, 0.4) is 0 Å². The first-order chi connectivity index (χ1) is 39.1. The van der Waals surface area contributed by atoms with Gasteiger partial charge in [-0.15, -0.1) is 0 Å². The number of methoxy groups -OCH3 is 2. The number of alkyl halides is 1. The van der Waals surface area contributed by atoms with E-state index in [1.807, 2.05) is 69.3 Å². The Labute approximate surface area is 508 Å². The number of benzene rings is 6. The number of ether oxygens (including phenoxy) is 4. The van der Waals surface area contributed by atoms with Gasteiger partial charge in [0.05, 0.1) is 30.5 Å². The number of halogens is 4. The van der Waals surface area contributed by atoms with Gasteiger partial charge in [0.2, 0.25) is 0 Å². The SMILES string of the molecule is CC1C(c2ccc(Cl)cc2)SC(=O)N1Cc1ccc(O)c([N+](=O)[O-])c1.CC1NC(=O)SC1c1ccc(Cl)cc1.COCOc1ccc(CBr)cc1[N+](=O)[O-].COCOc1ccc(CN2C(=O)SC(c3ccc(Cl)cc3)C2C)cc1[N+](=O)[O-]. The quantitative estimate of drug-likeness (QED) is 0.0372. The van der Waals surface area contributed by atoms with Crippen molar-refractivity contribution in [3.8, 4) is 17.2 Å². The zero-order valence-corrected chi connectivity index (χ0v) is 50.7. The lowest BCUT2D eigenvalue weighted by Gasteiger charge is -2.24. The minimum Gasteiger partial charge on any atom is -0.502 e. The molecule has 434 valence electrons. The number of aromatic hydroxyl groups is 1. The molecule has 6 aromatic carbocycles. The summed E-state index contributed by atoms with van der Waals surface area (Å²) in [5.41, 5.74) is 4.69. The highest BCUT2D eigenvalue weighted by molar-refractivity contribution is 9.08. The lowest BCUT2D eigenvalue weighted by Crippen LogP contribution is -2.31. The molecule has 3 fully saturated rings. The Kier molecular flexibility index (Phi) is 24.3. The molecular weight excluding hydrogens is 1250 g/mol. The van der Waals surface area contributed by atoms with E-state index in [0.29, 0.717) is 26.5 Å². The van der Waals surface area contributed by atoms with Crippen molar-refractivity contribution in [1.29, 1.82) is 0 Å². The molecule has 3 aliphatic heterocycles. The van der Waals surface area contributed by atoms with Gasteiger partial charge in [0.25, 0.3) is 15.7 Å². The maximum Gasteiger partial charge on any atom is 0.311 e. The van der Waals surface area contributed by atoms with Crippen LogP contribution < -0.4 is 14.8 Å². The molecule has 0 aliphatic carbocycles. The average molecular weight is 1310 g/mol. The van der Waals surface area contributed by atoms with Crippen molar-refractivity contribution >= 4 is 119 Å². The van der Waals surface area contributed by atoms with Crippen LogP contribution in [0, 0.1) is 30.3 Å². The average Bonchev–Trinajstić information content (AvgIpc) is 4.22. The molecule has 2 N–H and O–H groups in total. The van der Waals surface area contributed by atoms with Gasteiger partial charge in [-0.2, -0.15) is 0 Å². The van der Waals surface area contributed by atoms with Crippen LogP contribution >= 0.6 is 86.0 Å². The fraction of sp³-hybridized carbons (Fsp3) is 0.291. The molecule has 6 unspecified atom stereocenters. The number of nitro groups is 3. The highest BCUT2D eigenvalue weighted by Crippen LogP contribution is 2.46. The summed E-state index contributed by atoms with van der Waals surface area (Å²) in [6, 6.07) is 36.2. The number of hydrogen-bond donors (Lipinski definition) is 2. The van der Waals surface area contributed by atoms with E-state index in [1.54, 1.807) is 58.3 Å². The van der Waals surface area contributed by atoms with Gasteiger partial charge in [0.1, 0.15) is 0 Å². The van der Waals surface area contributed by atoms with Gasteiger partial charge >= 0.3 is 17.1 Å². The predicted molar refractivity (Wildman–Crippen MR) is 323 cm³/mol. The molecule has 0 bridgehead atoms. The van der Waals surface area contributed by atoms with E-state index in [9.17, 15) is 49.8 Å². The van der Waals surface area contributed by atoms with E-state index in [4.69, 9.17) is 49.0 Å². The number of amides is 3. The van der Waals surface area contributed by atoms with Crippen LogP contribution in [0.4, 0.5) is 31.4 Å². The van der Waals surface area contributed by atoms with Crippen molar-refractivity contribution < 1.29 is 53.2 Å². The zero-order valence-electron chi connectivity index (χ0n) is 44.4. The van der Waals surface area contributed by atoms with Crippen molar-refractivity contribution in [3.63, 3.8) is 0 Å². The second-order valence-electron chi connectivity index (χ2n) is 18.2. The molecule has 0 saturated carbocycles. The van der Waals surface area contributed by atoms with E-state index >= 15 is 0 Å². The van der Waals surface area contributed by atoms with Crippen LogP contribution in [0.15, 0.2) is 127 Å². The summed E-state index contributed by atoms with van der Waals surface area (Å²) in [4.78, 5) is 70.9. The van der Waals surface area contributed by atoms with Crippen LogP contribution in [0.2, 0.25) is 15.1 Å². The molecular formula is C55H54BrCl3N6O14S3. The number of nitrogens with zero attached hydrogens (tertiary/aromatic N) is 5. The molecule has 0 aromatic heterocycles. The molecule has 27 heteroatoms. The van der Waals surface area contributed by atoms with E-state index in [2.05, 4.69) is 26.0 Å². The monoisotopic (exact) mass is 1300 g/mol. The topological polar surface area (TPSA) is 256 Å². The van der Waals surface area contributed by atoms with Crippen LogP contribution in [-0.2, 0) is 27.9 Å². The van der Waals surface area contributed by atoms with Crippen LogP contribution in [0.1, 0.15) is 69.9 Å². The summed E-state index contributed by atoms with van der Waals surface area (Å²) in [6.07, 6.45) is 0. The van der Waals surface area contributed by atoms with E-state index < -0.39 is 14.8 Å². The highest BCUT2D eigenvalue weighted by atomic mass is 79.9. The third-order valence-electron chi connectivity index (χ3n) is 12.6. The fourth-order valence-corrected chi connectivity index (χ4v) is 12.7. The summed E-state index contributed by atoms with van der Waals surface area (Å²) in [5.74, 6) is -0.0423. The maximum absolute atomic E-state index is 12.6. The predicted octanol–water partition coefficient (Wildman–Crippen LogP) is 15.5. The van der Waals surface area contributed by atoms with Crippen molar-refractivity contribution in [2.24, 2.45) is 0 Å². The second-order valence-corrected chi connectivity index (χ2v) is 23.4. The smallest absolute Gasteiger partial charge is 0.311 e. The van der Waals surface area contributed by atoms with Gasteiger partial charge in [0, 0.05) is 84.0 Å². The van der Waals surface area contributed by atoms with Crippen LogP contribution in [0.25, 0.3) is 0 Å². The molecule has 3 amide bonds. The maximum atomic E-state index is 12.6. The molecule has 3 saturated heterocycles. The molecule has 3 heterocycles. The number of hydrogen-bond acceptors (Lipinski definition) is 17. The highest BCUT2D eigenvalue weighted by Gasteiger charge is 2.40. The van der Waals surface area contributed by atoms with E-state index in [0.717, 1.165) is 27.3 Å². The molecule has 0 spiro atoms. The molecule has 6 aromatic rings. The first-order valence-corrected chi connectivity index (χ1v) is 29.5. The van der Waals surface area contributed by atoms with E-state index in [1.165, 1.54) is 79.8 Å². The largest absolute Gasteiger partial charge is 0.502 e. The molecule has 9 rings (SSSR count). The Morgan fingerprint density at radius 2 is 0.915 bits per heavy atom. The summed E-state index contributed by atoms with van der Waals surface area (Å²) in [7, 11) is 2.90. The molecule has 3 aliphatic rings. The van der Waals surface area contributed by atoms with Gasteiger partial charge in [-0.1, -0.05) is 141 Å². The van der Waals surface area contributed by atoms with Crippen LogP contribution in [-0.4, -0.2) is 91.3 Å². The molecule has 82 heavy (non-hydrogen) atoms. The number of nitro benzene ring substituents is 3. The molecule has 0 radical (unpaired) electrons. The molecule has 20 nitrogen and oxygen atoms in total. The van der Waals surface area contributed by atoms with Crippen molar-refractivity contribution in [2.45, 2.75) is 73.1 Å². The Morgan fingerprint density at radius 1 is 0.549 bits per heavy atom. The number of thioether (sulfide) groups is 3. The summed E-state index contributed by atoms with van der Waals surface area (Å²) in [5, 5.41) is 48.1. The second kappa shape index (κ2) is 30.8. The number of carbonyl (C=O) groups excluding carboxylic acids is 3. The number of rotatable bonds is 17. The number of carbonyl (C=O) groups is 3. The summed E-state index contributed by atoms with van der Waals surface area (Å²) >= 11 is 24.7.